The minimum Gasteiger partial charge on any atom is -0.465 e. The molecule has 5 nitrogen and oxygen atoms in total. The first kappa shape index (κ1) is 15.2. The Bertz CT molecular complexity index is 580. The Kier molecular flexibility index (Phi) is 5.09. The molecule has 0 N–H and O–H groups in total. The molecule has 2 atom stereocenters. The van der Waals surface area contributed by atoms with Gasteiger partial charge in [0.05, 0.1) is 6.61 Å². The molecule has 1 aromatic carbocycles. The summed E-state index contributed by atoms with van der Waals surface area (Å²) in [6.45, 7) is 6.17. The molecule has 0 saturated heterocycles. The van der Waals surface area contributed by atoms with Crippen LogP contribution in [0.3, 0.4) is 0 Å². The van der Waals surface area contributed by atoms with E-state index in [1.54, 1.807) is 6.92 Å². The molecular formula is C16H20N2O3. The van der Waals surface area contributed by atoms with Crippen LogP contribution in [0.2, 0.25) is 0 Å². The number of nitrogens with zero attached hydrogens (tertiary/aromatic N) is 2. The van der Waals surface area contributed by atoms with Gasteiger partial charge in [-0.25, -0.2) is 0 Å². The predicted octanol–water partition coefficient (Wildman–Crippen LogP) is 3.28. The first-order chi connectivity index (χ1) is 10.2. The number of rotatable bonds is 6. The molecule has 0 aliphatic rings. The van der Waals surface area contributed by atoms with Crippen LogP contribution in [0.25, 0.3) is 0 Å². The van der Waals surface area contributed by atoms with Crippen molar-refractivity contribution in [3.05, 3.63) is 47.6 Å². The first-order valence-electron chi connectivity index (χ1n) is 7.22. The van der Waals surface area contributed by atoms with Crippen molar-refractivity contribution in [3.8, 4) is 0 Å². The van der Waals surface area contributed by atoms with Crippen LogP contribution in [-0.4, -0.2) is 22.7 Å². The van der Waals surface area contributed by atoms with Crippen molar-refractivity contribution in [2.24, 2.45) is 0 Å². The van der Waals surface area contributed by atoms with Crippen LogP contribution in [0.1, 0.15) is 56.3 Å². The minimum absolute atomic E-state index is 0.195. The Hall–Kier alpha value is -2.17. The molecule has 0 radical (unpaired) electrons. The van der Waals surface area contributed by atoms with E-state index in [1.165, 1.54) is 0 Å². The molecule has 0 aliphatic heterocycles. The molecular weight excluding hydrogens is 268 g/mol. The van der Waals surface area contributed by atoms with Crippen LogP contribution in [0.5, 0.6) is 0 Å². The first-order valence-corrected chi connectivity index (χ1v) is 7.22. The van der Waals surface area contributed by atoms with E-state index in [0.29, 0.717) is 12.4 Å². The van der Waals surface area contributed by atoms with Crippen molar-refractivity contribution in [3.63, 3.8) is 0 Å². The summed E-state index contributed by atoms with van der Waals surface area (Å²) in [5.74, 6) is 0.0632. The molecule has 1 heterocycles. The van der Waals surface area contributed by atoms with E-state index in [4.69, 9.17) is 9.26 Å². The van der Waals surface area contributed by atoms with Gasteiger partial charge in [-0.1, -0.05) is 49.3 Å². The lowest BCUT2D eigenvalue weighted by Crippen LogP contribution is -2.17. The fourth-order valence-corrected chi connectivity index (χ4v) is 2.00. The van der Waals surface area contributed by atoms with Gasteiger partial charge in [0.25, 0.3) is 0 Å². The number of carbonyl (C=O) groups excluding carboxylic acids is 1. The van der Waals surface area contributed by atoms with Crippen molar-refractivity contribution >= 4 is 5.97 Å². The highest BCUT2D eigenvalue weighted by Crippen LogP contribution is 2.26. The van der Waals surface area contributed by atoms with Gasteiger partial charge in [0.2, 0.25) is 5.89 Å². The molecule has 5 heteroatoms. The molecule has 0 saturated carbocycles. The minimum atomic E-state index is -0.670. The Balaban J connectivity index is 2.36. The van der Waals surface area contributed by atoms with E-state index in [9.17, 15) is 4.79 Å². The highest BCUT2D eigenvalue weighted by atomic mass is 16.5. The van der Waals surface area contributed by atoms with Gasteiger partial charge >= 0.3 is 5.97 Å². The van der Waals surface area contributed by atoms with Crippen molar-refractivity contribution in [2.45, 2.75) is 39.0 Å². The molecule has 0 bridgehead atoms. The Labute approximate surface area is 124 Å². The molecule has 0 spiro atoms. The molecule has 0 aliphatic carbocycles. The molecule has 1 aromatic heterocycles. The normalized spacial score (nSPS) is 13.7. The summed E-state index contributed by atoms with van der Waals surface area (Å²) in [6.07, 6.45) is 0.911. The molecule has 2 rings (SSSR count). The van der Waals surface area contributed by atoms with Crippen molar-refractivity contribution < 1.29 is 14.1 Å². The number of carbonyl (C=O) groups is 1. The van der Waals surface area contributed by atoms with Crippen LogP contribution < -0.4 is 0 Å². The van der Waals surface area contributed by atoms with Gasteiger partial charge in [0.1, 0.15) is 0 Å². The molecule has 0 amide bonds. The maximum absolute atomic E-state index is 12.2. The second-order valence-electron chi connectivity index (χ2n) is 4.90. The monoisotopic (exact) mass is 288 g/mol. The lowest BCUT2D eigenvalue weighted by molar-refractivity contribution is -0.144. The summed E-state index contributed by atoms with van der Waals surface area (Å²) in [5.41, 5.74) is 0.787. The smallest absolute Gasteiger partial charge is 0.323 e. The molecule has 21 heavy (non-hydrogen) atoms. The second-order valence-corrected chi connectivity index (χ2v) is 4.90. The second kappa shape index (κ2) is 7.02. The fourth-order valence-electron chi connectivity index (χ4n) is 2.00. The van der Waals surface area contributed by atoms with Crippen LogP contribution >= 0.6 is 0 Å². The average molecular weight is 288 g/mol. The molecule has 2 aromatic rings. The summed E-state index contributed by atoms with van der Waals surface area (Å²) in [6, 6.07) is 9.34. The van der Waals surface area contributed by atoms with Gasteiger partial charge in [0.15, 0.2) is 11.7 Å². The fraction of sp³-hybridized carbons (Fsp3) is 0.438. The van der Waals surface area contributed by atoms with E-state index >= 15 is 0 Å². The van der Waals surface area contributed by atoms with Crippen LogP contribution in [0.4, 0.5) is 0 Å². The van der Waals surface area contributed by atoms with Crippen molar-refractivity contribution in [1.82, 2.24) is 10.1 Å². The van der Waals surface area contributed by atoms with Gasteiger partial charge in [-0.05, 0) is 18.9 Å². The average Bonchev–Trinajstić information content (AvgIpc) is 2.97. The van der Waals surface area contributed by atoms with Gasteiger partial charge in [-0.3, -0.25) is 4.79 Å². The third kappa shape index (κ3) is 3.48. The number of hydrogen-bond acceptors (Lipinski definition) is 5. The Morgan fingerprint density at radius 2 is 2.00 bits per heavy atom. The van der Waals surface area contributed by atoms with E-state index < -0.39 is 5.92 Å². The summed E-state index contributed by atoms with van der Waals surface area (Å²) in [4.78, 5) is 16.6. The van der Waals surface area contributed by atoms with E-state index in [0.717, 1.165) is 12.0 Å². The number of ether oxygens (including phenoxy) is 1. The number of benzene rings is 1. The van der Waals surface area contributed by atoms with Crippen LogP contribution in [0.15, 0.2) is 34.9 Å². The molecule has 112 valence electrons. The quantitative estimate of drug-likeness (QED) is 0.763. The lowest BCUT2D eigenvalue weighted by atomic mass is 9.99. The summed E-state index contributed by atoms with van der Waals surface area (Å²) < 4.78 is 10.5. The largest absolute Gasteiger partial charge is 0.465 e. The van der Waals surface area contributed by atoms with Gasteiger partial charge < -0.3 is 9.26 Å². The number of esters is 1. The number of aromatic nitrogens is 2. The molecule has 2 unspecified atom stereocenters. The van der Waals surface area contributed by atoms with E-state index in [2.05, 4.69) is 17.1 Å². The zero-order valence-corrected chi connectivity index (χ0v) is 12.6. The van der Waals surface area contributed by atoms with Crippen molar-refractivity contribution in [1.29, 1.82) is 0 Å². The van der Waals surface area contributed by atoms with Gasteiger partial charge in [0, 0.05) is 5.92 Å². The Morgan fingerprint density at radius 3 is 2.62 bits per heavy atom. The zero-order valence-electron chi connectivity index (χ0n) is 12.6. The highest BCUT2D eigenvalue weighted by Gasteiger charge is 2.30. The maximum Gasteiger partial charge on any atom is 0.323 e. The maximum atomic E-state index is 12.2. The highest BCUT2D eigenvalue weighted by molar-refractivity contribution is 5.80. The van der Waals surface area contributed by atoms with Crippen molar-refractivity contribution in [2.75, 3.05) is 6.61 Å². The lowest BCUT2D eigenvalue weighted by Gasteiger charge is -2.11. The Morgan fingerprint density at radius 1 is 1.29 bits per heavy atom. The predicted molar refractivity (Wildman–Crippen MR) is 77.9 cm³/mol. The topological polar surface area (TPSA) is 65.2 Å². The van der Waals surface area contributed by atoms with Crippen LogP contribution in [-0.2, 0) is 9.53 Å². The summed E-state index contributed by atoms with van der Waals surface area (Å²) in [5, 5.41) is 3.98. The van der Waals surface area contributed by atoms with E-state index in [-0.39, 0.29) is 17.8 Å². The third-order valence-electron chi connectivity index (χ3n) is 3.41. The van der Waals surface area contributed by atoms with E-state index in [1.807, 2.05) is 37.3 Å². The van der Waals surface area contributed by atoms with Crippen LogP contribution in [0, 0.1) is 0 Å². The molecule has 0 fully saturated rings. The third-order valence-corrected chi connectivity index (χ3v) is 3.41. The zero-order chi connectivity index (χ0) is 15.2. The summed E-state index contributed by atoms with van der Waals surface area (Å²) in [7, 11) is 0. The standard InChI is InChI=1S/C16H20N2O3/c1-4-11(3)14-17-15(21-18-14)13(16(19)20-5-2)12-9-7-6-8-10-12/h6-11,13H,4-5H2,1-3H3. The van der Waals surface area contributed by atoms with Gasteiger partial charge in [-0.2, -0.15) is 4.98 Å². The van der Waals surface area contributed by atoms with Gasteiger partial charge in [-0.15, -0.1) is 0 Å². The number of hydrogen-bond donors (Lipinski definition) is 0. The summed E-state index contributed by atoms with van der Waals surface area (Å²) >= 11 is 0. The SMILES string of the molecule is CCOC(=O)C(c1ccccc1)c1nc(C(C)CC)no1.